The zero-order chi connectivity index (χ0) is 24.1. The lowest BCUT2D eigenvalue weighted by molar-refractivity contribution is 0.0952. The third kappa shape index (κ3) is 5.24. The smallest absolute Gasteiger partial charge is 0.251 e. The maximum Gasteiger partial charge on any atom is 0.251 e. The largest absolute Gasteiger partial charge is 0.377 e. The molecular weight excluding hydrogens is 452 g/mol. The summed E-state index contributed by atoms with van der Waals surface area (Å²) in [6, 6.07) is 19.8. The molecule has 1 heterocycles. The van der Waals surface area contributed by atoms with Crippen LogP contribution in [0, 0.1) is 0 Å². The molecule has 1 amide bonds. The molecule has 0 bridgehead atoms. The standard InChI is InChI=1S/C24H26N6O3S/c1-29(2)22-12-6-11-21-20(22)10-7-13-23(21)34(32,33)26-16-19-17-30(28-27-19)15-14-25-24(31)18-8-4-3-5-9-18/h3-13,17,26H,14-16H2,1-2H3,(H,25,31). The number of nitrogens with one attached hydrogen (secondary N) is 2. The van der Waals surface area contributed by atoms with Crippen LogP contribution in [0.4, 0.5) is 5.69 Å². The van der Waals surface area contributed by atoms with Crippen LogP contribution in [0.5, 0.6) is 0 Å². The number of fused-ring (bicyclic) bond motifs is 1. The molecular formula is C24H26N6O3S. The Bertz CT molecular complexity index is 1400. The van der Waals surface area contributed by atoms with Crippen LogP contribution in [0.3, 0.4) is 0 Å². The van der Waals surface area contributed by atoms with Gasteiger partial charge in [0, 0.05) is 48.9 Å². The first-order valence-corrected chi connectivity index (χ1v) is 12.2. The maximum absolute atomic E-state index is 13.1. The molecule has 0 saturated heterocycles. The van der Waals surface area contributed by atoms with Gasteiger partial charge in [0.25, 0.3) is 5.91 Å². The SMILES string of the molecule is CN(C)c1cccc2c(S(=O)(=O)NCc3cn(CCNC(=O)c4ccccc4)nn3)cccc12. The number of hydrogen-bond acceptors (Lipinski definition) is 6. The monoisotopic (exact) mass is 478 g/mol. The Kier molecular flexibility index (Phi) is 6.90. The van der Waals surface area contributed by atoms with Crippen molar-refractivity contribution in [3.63, 3.8) is 0 Å². The van der Waals surface area contributed by atoms with E-state index in [-0.39, 0.29) is 17.3 Å². The van der Waals surface area contributed by atoms with E-state index in [0.29, 0.717) is 29.7 Å². The molecule has 0 fully saturated rings. The minimum absolute atomic E-state index is 0.00245. The van der Waals surface area contributed by atoms with Gasteiger partial charge < -0.3 is 10.2 Å². The molecule has 0 radical (unpaired) electrons. The summed E-state index contributed by atoms with van der Waals surface area (Å²) in [5, 5.41) is 12.4. The minimum Gasteiger partial charge on any atom is -0.377 e. The van der Waals surface area contributed by atoms with E-state index in [0.717, 1.165) is 11.1 Å². The summed E-state index contributed by atoms with van der Waals surface area (Å²) in [6.07, 6.45) is 1.66. The van der Waals surface area contributed by atoms with Gasteiger partial charge in [0.2, 0.25) is 10.0 Å². The highest BCUT2D eigenvalue weighted by molar-refractivity contribution is 7.89. The van der Waals surface area contributed by atoms with Gasteiger partial charge in [-0.05, 0) is 24.3 Å². The number of amides is 1. The predicted octanol–water partition coefficient (Wildman–Crippen LogP) is 2.41. The van der Waals surface area contributed by atoms with E-state index in [4.69, 9.17) is 0 Å². The van der Waals surface area contributed by atoms with E-state index in [1.807, 2.05) is 43.3 Å². The average molecular weight is 479 g/mol. The average Bonchev–Trinajstić information content (AvgIpc) is 3.30. The Morgan fingerprint density at radius 1 is 0.971 bits per heavy atom. The summed E-state index contributed by atoms with van der Waals surface area (Å²) < 4.78 is 30.3. The van der Waals surface area contributed by atoms with Gasteiger partial charge in [0.05, 0.1) is 23.7 Å². The molecule has 0 spiro atoms. The van der Waals surface area contributed by atoms with E-state index in [9.17, 15) is 13.2 Å². The highest BCUT2D eigenvalue weighted by Crippen LogP contribution is 2.30. The molecule has 9 nitrogen and oxygen atoms in total. The van der Waals surface area contributed by atoms with Gasteiger partial charge in [-0.2, -0.15) is 0 Å². The lowest BCUT2D eigenvalue weighted by atomic mass is 10.1. The summed E-state index contributed by atoms with van der Waals surface area (Å²) in [6.45, 7) is 0.782. The van der Waals surface area contributed by atoms with Crippen molar-refractivity contribution in [2.45, 2.75) is 18.0 Å². The van der Waals surface area contributed by atoms with Gasteiger partial charge in [-0.15, -0.1) is 5.10 Å². The number of aromatic nitrogens is 3. The Balaban J connectivity index is 1.39. The summed E-state index contributed by atoms with van der Waals surface area (Å²) in [7, 11) is 0.0628. The molecule has 0 atom stereocenters. The number of anilines is 1. The van der Waals surface area contributed by atoms with Crippen molar-refractivity contribution >= 4 is 32.4 Å². The van der Waals surface area contributed by atoms with Crippen molar-refractivity contribution in [1.29, 1.82) is 0 Å². The summed E-state index contributed by atoms with van der Waals surface area (Å²) in [5.74, 6) is -0.166. The molecule has 0 unspecified atom stereocenters. The van der Waals surface area contributed by atoms with E-state index in [2.05, 4.69) is 20.4 Å². The van der Waals surface area contributed by atoms with Crippen molar-refractivity contribution in [1.82, 2.24) is 25.0 Å². The molecule has 0 aliphatic rings. The number of benzene rings is 3. The topological polar surface area (TPSA) is 109 Å². The van der Waals surface area contributed by atoms with E-state index in [1.54, 1.807) is 53.3 Å². The van der Waals surface area contributed by atoms with Gasteiger partial charge in [-0.3, -0.25) is 9.48 Å². The van der Waals surface area contributed by atoms with Crippen molar-refractivity contribution in [2.75, 3.05) is 25.5 Å². The normalized spacial score (nSPS) is 11.5. The van der Waals surface area contributed by atoms with Gasteiger partial charge in [-0.25, -0.2) is 13.1 Å². The first-order valence-electron chi connectivity index (χ1n) is 10.8. The second-order valence-electron chi connectivity index (χ2n) is 7.94. The summed E-state index contributed by atoms with van der Waals surface area (Å²) in [5.41, 5.74) is 2.01. The zero-order valence-electron chi connectivity index (χ0n) is 19.0. The summed E-state index contributed by atoms with van der Waals surface area (Å²) >= 11 is 0. The zero-order valence-corrected chi connectivity index (χ0v) is 19.8. The number of carbonyl (C=O) groups is 1. The molecule has 0 aliphatic heterocycles. The van der Waals surface area contributed by atoms with Gasteiger partial charge in [0.15, 0.2) is 0 Å². The Morgan fingerprint density at radius 2 is 1.71 bits per heavy atom. The number of rotatable bonds is 9. The van der Waals surface area contributed by atoms with Crippen LogP contribution in [0.15, 0.2) is 77.8 Å². The molecule has 176 valence electrons. The van der Waals surface area contributed by atoms with Crippen LogP contribution in [0.25, 0.3) is 10.8 Å². The van der Waals surface area contributed by atoms with E-state index in [1.165, 1.54) is 0 Å². The van der Waals surface area contributed by atoms with E-state index < -0.39 is 10.0 Å². The summed E-state index contributed by atoms with van der Waals surface area (Å²) in [4.78, 5) is 14.3. The molecule has 2 N–H and O–H groups in total. The fourth-order valence-electron chi connectivity index (χ4n) is 3.64. The maximum atomic E-state index is 13.1. The van der Waals surface area contributed by atoms with Crippen LogP contribution < -0.4 is 14.9 Å². The first kappa shape index (κ1) is 23.4. The van der Waals surface area contributed by atoms with Crippen molar-refractivity contribution in [2.24, 2.45) is 0 Å². The molecule has 4 rings (SSSR count). The van der Waals surface area contributed by atoms with Crippen LogP contribution in [0.2, 0.25) is 0 Å². The molecule has 0 aliphatic carbocycles. The molecule has 34 heavy (non-hydrogen) atoms. The van der Waals surface area contributed by atoms with Crippen molar-refractivity contribution < 1.29 is 13.2 Å². The fraction of sp³-hybridized carbons (Fsp3) is 0.208. The highest BCUT2D eigenvalue weighted by atomic mass is 32.2. The lowest BCUT2D eigenvalue weighted by Gasteiger charge is -2.17. The highest BCUT2D eigenvalue weighted by Gasteiger charge is 2.19. The number of sulfonamides is 1. The fourth-order valence-corrected chi connectivity index (χ4v) is 4.86. The second-order valence-corrected chi connectivity index (χ2v) is 9.68. The quantitative estimate of drug-likeness (QED) is 0.382. The predicted molar refractivity (Wildman–Crippen MR) is 131 cm³/mol. The van der Waals surface area contributed by atoms with Crippen LogP contribution in [0.1, 0.15) is 16.1 Å². The third-order valence-corrected chi connectivity index (χ3v) is 6.78. The van der Waals surface area contributed by atoms with Gasteiger partial charge >= 0.3 is 0 Å². The van der Waals surface area contributed by atoms with Gasteiger partial charge in [-0.1, -0.05) is 47.7 Å². The number of hydrogen-bond donors (Lipinski definition) is 2. The van der Waals surface area contributed by atoms with E-state index >= 15 is 0 Å². The Hall–Kier alpha value is -3.76. The molecule has 1 aromatic heterocycles. The van der Waals surface area contributed by atoms with Gasteiger partial charge in [0.1, 0.15) is 0 Å². The minimum atomic E-state index is -3.78. The number of carbonyl (C=O) groups excluding carboxylic acids is 1. The van der Waals surface area contributed by atoms with Crippen LogP contribution in [-0.2, 0) is 23.1 Å². The molecule has 10 heteroatoms. The molecule has 0 saturated carbocycles. The Labute approximate surface area is 198 Å². The Morgan fingerprint density at radius 3 is 2.47 bits per heavy atom. The van der Waals surface area contributed by atoms with Crippen LogP contribution in [-0.4, -0.2) is 50.0 Å². The lowest BCUT2D eigenvalue weighted by Crippen LogP contribution is -2.27. The van der Waals surface area contributed by atoms with Crippen molar-refractivity contribution in [3.8, 4) is 0 Å². The van der Waals surface area contributed by atoms with Crippen molar-refractivity contribution in [3.05, 3.63) is 84.2 Å². The molecule has 4 aromatic rings. The number of nitrogens with zero attached hydrogens (tertiary/aromatic N) is 4. The second kappa shape index (κ2) is 10.0. The molecule has 3 aromatic carbocycles. The third-order valence-electron chi connectivity index (χ3n) is 5.32. The van der Waals surface area contributed by atoms with Crippen LogP contribution >= 0.6 is 0 Å². The first-order chi connectivity index (χ1) is 16.3.